The lowest BCUT2D eigenvalue weighted by atomic mass is 10.3. The van der Waals surface area contributed by atoms with Gasteiger partial charge in [-0.05, 0) is 50.2 Å². The number of aromatic nitrogens is 4. The highest BCUT2D eigenvalue weighted by atomic mass is 33.1. The first-order valence-electron chi connectivity index (χ1n) is 6.17. The Morgan fingerprint density at radius 1 is 1.05 bits per heavy atom. The van der Waals surface area contributed by atoms with Gasteiger partial charge in [-0.3, -0.25) is 10.1 Å². The summed E-state index contributed by atoms with van der Waals surface area (Å²) in [5, 5.41) is 23.0. The quantitative estimate of drug-likeness (QED) is 0.402. The topological polar surface area (TPSA) is 86.7 Å². The molecule has 0 aliphatic carbocycles. The van der Waals surface area contributed by atoms with E-state index in [1.165, 1.54) is 33.7 Å². The Labute approximate surface area is 133 Å². The molecule has 3 aromatic rings. The van der Waals surface area contributed by atoms with E-state index in [1.54, 1.807) is 16.8 Å². The van der Waals surface area contributed by atoms with Crippen LogP contribution in [-0.2, 0) is 0 Å². The standard InChI is InChI=1S/C13H9N5O2S2/c19-18(20)11-7-4-8-12(9-11)21-22-13-14-15-16-17(13)10-5-2-1-3-6-10/h1-9H. The Bertz CT molecular complexity index is 794. The summed E-state index contributed by atoms with van der Waals surface area (Å²) in [4.78, 5) is 11.1. The zero-order valence-electron chi connectivity index (χ0n) is 11.1. The molecule has 0 unspecified atom stereocenters. The summed E-state index contributed by atoms with van der Waals surface area (Å²) in [5.74, 6) is 0. The van der Waals surface area contributed by atoms with E-state index in [4.69, 9.17) is 0 Å². The minimum absolute atomic E-state index is 0.0632. The summed E-state index contributed by atoms with van der Waals surface area (Å²) in [5.41, 5.74) is 0.919. The lowest BCUT2D eigenvalue weighted by Crippen LogP contribution is -1.97. The lowest BCUT2D eigenvalue weighted by molar-refractivity contribution is -0.385. The average molecular weight is 331 g/mol. The highest BCUT2D eigenvalue weighted by Crippen LogP contribution is 2.37. The van der Waals surface area contributed by atoms with Crippen molar-refractivity contribution in [3.05, 3.63) is 64.7 Å². The molecule has 0 fully saturated rings. The second-order valence-corrected chi connectivity index (χ2v) is 6.30. The fraction of sp³-hybridized carbons (Fsp3) is 0. The van der Waals surface area contributed by atoms with Crippen molar-refractivity contribution in [1.82, 2.24) is 20.2 Å². The maximum Gasteiger partial charge on any atom is 0.270 e. The van der Waals surface area contributed by atoms with Crippen LogP contribution in [-0.4, -0.2) is 25.1 Å². The molecule has 0 saturated heterocycles. The number of rotatable bonds is 5. The summed E-state index contributed by atoms with van der Waals surface area (Å²) in [6.45, 7) is 0. The molecule has 0 spiro atoms. The van der Waals surface area contributed by atoms with Crippen LogP contribution in [0.4, 0.5) is 5.69 Å². The highest BCUT2D eigenvalue weighted by Gasteiger charge is 2.11. The number of benzene rings is 2. The second-order valence-electron chi connectivity index (χ2n) is 4.13. The van der Waals surface area contributed by atoms with Gasteiger partial charge in [0.05, 0.1) is 10.6 Å². The predicted molar refractivity (Wildman–Crippen MR) is 84.0 cm³/mol. The van der Waals surface area contributed by atoms with Crippen molar-refractivity contribution in [1.29, 1.82) is 0 Å². The molecule has 0 saturated carbocycles. The third-order valence-electron chi connectivity index (χ3n) is 2.68. The third-order valence-corrected chi connectivity index (χ3v) is 4.89. The summed E-state index contributed by atoms with van der Waals surface area (Å²) in [7, 11) is 2.71. The Hall–Kier alpha value is -2.39. The molecule has 2 aromatic carbocycles. The Balaban J connectivity index is 1.77. The van der Waals surface area contributed by atoms with Crippen molar-refractivity contribution in [2.24, 2.45) is 0 Å². The van der Waals surface area contributed by atoms with Gasteiger partial charge in [-0.15, -0.1) is 5.10 Å². The zero-order chi connectivity index (χ0) is 15.4. The summed E-state index contributed by atoms with van der Waals surface area (Å²) >= 11 is 0. The minimum Gasteiger partial charge on any atom is -0.258 e. The van der Waals surface area contributed by atoms with E-state index in [9.17, 15) is 10.1 Å². The Kier molecular flexibility index (Phi) is 4.35. The number of para-hydroxylation sites is 1. The van der Waals surface area contributed by atoms with Crippen LogP contribution in [0.1, 0.15) is 0 Å². The van der Waals surface area contributed by atoms with E-state index in [-0.39, 0.29) is 5.69 Å². The van der Waals surface area contributed by atoms with E-state index in [0.29, 0.717) is 5.16 Å². The van der Waals surface area contributed by atoms with E-state index < -0.39 is 4.92 Å². The fourth-order valence-electron chi connectivity index (χ4n) is 1.70. The molecule has 0 N–H and O–H groups in total. The van der Waals surface area contributed by atoms with Crippen molar-refractivity contribution in [2.75, 3.05) is 0 Å². The van der Waals surface area contributed by atoms with E-state index in [1.807, 2.05) is 30.3 Å². The Morgan fingerprint density at radius 2 is 1.86 bits per heavy atom. The fourth-order valence-corrected chi connectivity index (χ4v) is 3.59. The van der Waals surface area contributed by atoms with Gasteiger partial charge < -0.3 is 0 Å². The minimum atomic E-state index is -0.414. The molecule has 7 nitrogen and oxygen atoms in total. The van der Waals surface area contributed by atoms with E-state index in [0.717, 1.165) is 10.6 Å². The molecule has 0 atom stereocenters. The molecule has 0 radical (unpaired) electrons. The number of nitro benzene ring substituents is 1. The van der Waals surface area contributed by atoms with Crippen LogP contribution >= 0.6 is 21.6 Å². The molecule has 110 valence electrons. The van der Waals surface area contributed by atoms with Crippen LogP contribution in [0, 0.1) is 10.1 Å². The normalized spacial score (nSPS) is 10.5. The van der Waals surface area contributed by atoms with Crippen LogP contribution in [0.5, 0.6) is 0 Å². The number of hydrogen-bond acceptors (Lipinski definition) is 7. The van der Waals surface area contributed by atoms with Gasteiger partial charge in [0.25, 0.3) is 5.69 Å². The lowest BCUT2D eigenvalue weighted by Gasteiger charge is -2.03. The van der Waals surface area contributed by atoms with Crippen molar-refractivity contribution in [2.45, 2.75) is 10.1 Å². The van der Waals surface area contributed by atoms with Crippen molar-refractivity contribution in [3.63, 3.8) is 0 Å². The van der Waals surface area contributed by atoms with Gasteiger partial charge in [0.15, 0.2) is 0 Å². The maximum atomic E-state index is 10.8. The van der Waals surface area contributed by atoms with Crippen LogP contribution in [0.3, 0.4) is 0 Å². The molecular weight excluding hydrogens is 322 g/mol. The summed E-state index contributed by atoms with van der Waals surface area (Å²) in [6.07, 6.45) is 0. The first-order valence-corrected chi connectivity index (χ1v) is 8.32. The molecule has 1 aromatic heterocycles. The zero-order valence-corrected chi connectivity index (χ0v) is 12.7. The molecule has 3 rings (SSSR count). The average Bonchev–Trinajstić information content (AvgIpc) is 3.02. The molecule has 9 heteroatoms. The van der Waals surface area contributed by atoms with Gasteiger partial charge in [-0.2, -0.15) is 4.68 Å². The number of nitrogens with zero attached hydrogens (tertiary/aromatic N) is 5. The smallest absolute Gasteiger partial charge is 0.258 e. The van der Waals surface area contributed by atoms with Crippen molar-refractivity contribution >= 4 is 27.3 Å². The molecule has 0 aliphatic rings. The van der Waals surface area contributed by atoms with Crippen LogP contribution in [0.15, 0.2) is 64.6 Å². The molecule has 22 heavy (non-hydrogen) atoms. The second kappa shape index (κ2) is 6.58. The molecule has 0 aliphatic heterocycles. The molecule has 1 heterocycles. The monoisotopic (exact) mass is 331 g/mol. The maximum absolute atomic E-state index is 10.8. The molecular formula is C13H9N5O2S2. The SMILES string of the molecule is O=[N+]([O-])c1cccc(SSc2nnnn2-c2ccccc2)c1. The first kappa shape index (κ1) is 14.5. The van der Waals surface area contributed by atoms with Gasteiger partial charge in [0, 0.05) is 17.0 Å². The number of nitro groups is 1. The third kappa shape index (κ3) is 3.26. The summed E-state index contributed by atoms with van der Waals surface area (Å²) in [6, 6.07) is 16.0. The highest BCUT2D eigenvalue weighted by molar-refractivity contribution is 8.76. The van der Waals surface area contributed by atoms with Gasteiger partial charge >= 0.3 is 0 Å². The van der Waals surface area contributed by atoms with Gasteiger partial charge in [0.1, 0.15) is 0 Å². The van der Waals surface area contributed by atoms with E-state index >= 15 is 0 Å². The Morgan fingerprint density at radius 3 is 2.64 bits per heavy atom. The molecule has 0 bridgehead atoms. The van der Waals surface area contributed by atoms with Crippen LogP contribution < -0.4 is 0 Å². The molecule has 0 amide bonds. The van der Waals surface area contributed by atoms with Crippen LogP contribution in [0.2, 0.25) is 0 Å². The van der Waals surface area contributed by atoms with Crippen LogP contribution in [0.25, 0.3) is 5.69 Å². The van der Waals surface area contributed by atoms with Gasteiger partial charge in [0.2, 0.25) is 5.16 Å². The summed E-state index contributed by atoms with van der Waals surface area (Å²) < 4.78 is 1.62. The largest absolute Gasteiger partial charge is 0.270 e. The number of hydrogen-bond donors (Lipinski definition) is 0. The van der Waals surface area contributed by atoms with Gasteiger partial charge in [-0.1, -0.05) is 24.3 Å². The number of non-ortho nitro benzene ring substituents is 1. The van der Waals surface area contributed by atoms with Crippen molar-refractivity contribution in [3.8, 4) is 5.69 Å². The van der Waals surface area contributed by atoms with Crippen molar-refractivity contribution < 1.29 is 4.92 Å². The predicted octanol–water partition coefficient (Wildman–Crippen LogP) is 3.37. The van der Waals surface area contributed by atoms with E-state index in [2.05, 4.69) is 15.5 Å². The number of tetrazole rings is 1. The first-order chi connectivity index (χ1) is 10.7. The van der Waals surface area contributed by atoms with Gasteiger partial charge in [-0.25, -0.2) is 0 Å².